The van der Waals surface area contributed by atoms with Gasteiger partial charge in [-0.3, -0.25) is 0 Å². The Kier molecular flexibility index (Phi) is 4.90. The first-order chi connectivity index (χ1) is 9.11. The Bertz CT molecular complexity index is 544. The van der Waals surface area contributed by atoms with Crippen molar-refractivity contribution in [2.75, 3.05) is 0 Å². The molecule has 2 atom stereocenters. The molecule has 0 aliphatic carbocycles. The van der Waals surface area contributed by atoms with Gasteiger partial charge >= 0.3 is 0 Å². The fraction of sp³-hybridized carbons (Fsp3) is 0.385. The van der Waals surface area contributed by atoms with Crippen LogP contribution in [0.2, 0.25) is 0 Å². The molecule has 6 heteroatoms. The molecule has 1 aromatic carbocycles. The summed E-state index contributed by atoms with van der Waals surface area (Å²) < 4.78 is 18.9. The van der Waals surface area contributed by atoms with Crippen LogP contribution < -0.4 is 5.73 Å². The van der Waals surface area contributed by atoms with Crippen LogP contribution in [0.25, 0.3) is 0 Å². The normalized spacial score (nSPS) is 14.3. The van der Waals surface area contributed by atoms with Crippen molar-refractivity contribution < 1.29 is 4.39 Å². The maximum Gasteiger partial charge on any atom is 0.170 e. The van der Waals surface area contributed by atoms with Crippen molar-refractivity contribution in [1.82, 2.24) is 9.36 Å². The fourth-order valence-electron chi connectivity index (χ4n) is 1.74. The largest absolute Gasteiger partial charge is 0.326 e. The van der Waals surface area contributed by atoms with E-state index in [4.69, 9.17) is 5.73 Å². The number of hydrogen-bond acceptors (Lipinski definition) is 5. The smallest absolute Gasteiger partial charge is 0.170 e. The number of aromatic nitrogens is 2. The molecule has 2 aromatic rings. The van der Waals surface area contributed by atoms with E-state index in [1.807, 2.05) is 19.9 Å². The Morgan fingerprint density at radius 1 is 1.42 bits per heavy atom. The van der Waals surface area contributed by atoms with Gasteiger partial charge in [0.2, 0.25) is 0 Å². The molecule has 0 aliphatic heterocycles. The Hall–Kier alpha value is -0.980. The summed E-state index contributed by atoms with van der Waals surface area (Å²) >= 11 is 2.82. The van der Waals surface area contributed by atoms with Gasteiger partial charge in [-0.05, 0) is 30.9 Å². The molecule has 0 saturated carbocycles. The number of nitrogens with zero attached hydrogens (tertiary/aromatic N) is 2. The van der Waals surface area contributed by atoms with Crippen LogP contribution in [-0.4, -0.2) is 15.4 Å². The number of aryl methyl sites for hydroxylation is 1. The maximum atomic E-state index is 13.9. The summed E-state index contributed by atoms with van der Waals surface area (Å²) in [6, 6.07) is 6.66. The molecule has 1 aromatic heterocycles. The minimum absolute atomic E-state index is 0.119. The van der Waals surface area contributed by atoms with Crippen LogP contribution in [0.4, 0.5) is 4.39 Å². The average Bonchev–Trinajstić information content (AvgIpc) is 2.82. The molecule has 3 nitrogen and oxygen atoms in total. The van der Waals surface area contributed by atoms with Gasteiger partial charge in [-0.2, -0.15) is 4.37 Å². The minimum Gasteiger partial charge on any atom is -0.326 e. The van der Waals surface area contributed by atoms with E-state index < -0.39 is 0 Å². The highest BCUT2D eigenvalue weighted by atomic mass is 32.2. The second kappa shape index (κ2) is 6.45. The van der Waals surface area contributed by atoms with Crippen molar-refractivity contribution in [3.05, 3.63) is 41.5 Å². The molecule has 102 valence electrons. The molecule has 0 saturated heterocycles. The van der Waals surface area contributed by atoms with Gasteiger partial charge in [0, 0.05) is 11.6 Å². The molecule has 0 radical (unpaired) electrons. The monoisotopic (exact) mass is 297 g/mol. The number of hydrogen-bond donors (Lipinski definition) is 1. The van der Waals surface area contributed by atoms with Crippen molar-refractivity contribution in [3.8, 4) is 0 Å². The Morgan fingerprint density at radius 2 is 2.16 bits per heavy atom. The summed E-state index contributed by atoms with van der Waals surface area (Å²) in [7, 11) is 0. The SMILES string of the molecule is CCC(N)C(Sc1nc(C)ns1)c1ccccc1F. The summed E-state index contributed by atoms with van der Waals surface area (Å²) in [5, 5.41) is -0.140. The van der Waals surface area contributed by atoms with Gasteiger partial charge in [-0.1, -0.05) is 36.9 Å². The Balaban J connectivity index is 2.29. The standard InChI is InChI=1S/C13H16FN3S2/c1-3-11(15)12(9-6-4-5-7-10(9)14)18-13-16-8(2)17-19-13/h4-7,11-12H,3,15H2,1-2H3. The van der Waals surface area contributed by atoms with Crippen molar-refractivity contribution in [1.29, 1.82) is 0 Å². The number of thioether (sulfide) groups is 1. The zero-order chi connectivity index (χ0) is 13.8. The summed E-state index contributed by atoms with van der Waals surface area (Å²) in [6.45, 7) is 3.85. The highest BCUT2D eigenvalue weighted by molar-refractivity contribution is 8.01. The van der Waals surface area contributed by atoms with Crippen molar-refractivity contribution >= 4 is 23.3 Å². The molecular weight excluding hydrogens is 281 g/mol. The first kappa shape index (κ1) is 14.4. The summed E-state index contributed by atoms with van der Waals surface area (Å²) in [5.74, 6) is 0.523. The van der Waals surface area contributed by atoms with Crippen molar-refractivity contribution in [3.63, 3.8) is 0 Å². The third-order valence-electron chi connectivity index (χ3n) is 2.81. The van der Waals surface area contributed by atoms with Gasteiger partial charge in [0.25, 0.3) is 0 Å². The van der Waals surface area contributed by atoms with Crippen molar-refractivity contribution in [2.24, 2.45) is 5.73 Å². The lowest BCUT2D eigenvalue weighted by molar-refractivity contribution is 0.572. The van der Waals surface area contributed by atoms with Gasteiger partial charge in [-0.25, -0.2) is 9.37 Å². The van der Waals surface area contributed by atoms with E-state index in [1.165, 1.54) is 29.4 Å². The van der Waals surface area contributed by atoms with Crippen LogP contribution in [0, 0.1) is 12.7 Å². The Morgan fingerprint density at radius 3 is 2.74 bits per heavy atom. The van der Waals surface area contributed by atoms with Crippen LogP contribution in [0.15, 0.2) is 28.6 Å². The van der Waals surface area contributed by atoms with Gasteiger partial charge in [0.1, 0.15) is 11.6 Å². The van der Waals surface area contributed by atoms with Gasteiger partial charge in [-0.15, -0.1) is 0 Å². The van der Waals surface area contributed by atoms with E-state index in [9.17, 15) is 4.39 Å². The van der Waals surface area contributed by atoms with E-state index >= 15 is 0 Å². The molecule has 19 heavy (non-hydrogen) atoms. The topological polar surface area (TPSA) is 51.8 Å². The van der Waals surface area contributed by atoms with E-state index in [0.717, 1.165) is 16.6 Å². The van der Waals surface area contributed by atoms with Crippen LogP contribution in [0.5, 0.6) is 0 Å². The number of nitrogens with two attached hydrogens (primary N) is 1. The first-order valence-electron chi connectivity index (χ1n) is 6.08. The number of halogens is 1. The molecule has 0 fully saturated rings. The predicted octanol–water partition coefficient (Wildman–Crippen LogP) is 3.56. The second-order valence-corrected chi connectivity index (χ2v) is 6.38. The third kappa shape index (κ3) is 3.52. The fourth-order valence-corrected chi connectivity index (χ4v) is 3.84. The maximum absolute atomic E-state index is 13.9. The third-order valence-corrected chi connectivity index (χ3v) is 5.07. The lowest BCUT2D eigenvalue weighted by Crippen LogP contribution is -2.26. The summed E-state index contributed by atoms with van der Waals surface area (Å²) in [6.07, 6.45) is 0.782. The highest BCUT2D eigenvalue weighted by Gasteiger charge is 2.24. The van der Waals surface area contributed by atoms with E-state index in [1.54, 1.807) is 12.1 Å². The average molecular weight is 297 g/mol. The first-order valence-corrected chi connectivity index (χ1v) is 7.74. The van der Waals surface area contributed by atoms with Crippen LogP contribution in [-0.2, 0) is 0 Å². The van der Waals surface area contributed by atoms with Crippen LogP contribution >= 0.6 is 23.3 Å². The molecule has 2 N–H and O–H groups in total. The van der Waals surface area contributed by atoms with E-state index in [0.29, 0.717) is 5.56 Å². The van der Waals surface area contributed by atoms with Gasteiger partial charge < -0.3 is 5.73 Å². The second-order valence-electron chi connectivity index (χ2n) is 4.24. The lowest BCUT2D eigenvalue weighted by Gasteiger charge is -2.22. The predicted molar refractivity (Wildman–Crippen MR) is 77.9 cm³/mol. The highest BCUT2D eigenvalue weighted by Crippen LogP contribution is 2.39. The van der Waals surface area contributed by atoms with Crippen molar-refractivity contribution in [2.45, 2.75) is 35.9 Å². The summed E-state index contributed by atoms with van der Waals surface area (Å²) in [5.41, 5.74) is 6.78. The molecule has 0 aliphatic rings. The molecule has 0 amide bonds. The quantitative estimate of drug-likeness (QED) is 0.857. The number of benzene rings is 1. The van der Waals surface area contributed by atoms with E-state index in [-0.39, 0.29) is 17.1 Å². The molecule has 0 bridgehead atoms. The molecular formula is C13H16FN3S2. The van der Waals surface area contributed by atoms with Gasteiger partial charge in [0.05, 0.1) is 5.25 Å². The van der Waals surface area contributed by atoms with Crippen LogP contribution in [0.1, 0.15) is 30.0 Å². The Labute approximate surface area is 120 Å². The zero-order valence-electron chi connectivity index (χ0n) is 10.8. The lowest BCUT2D eigenvalue weighted by atomic mass is 10.0. The molecule has 0 spiro atoms. The van der Waals surface area contributed by atoms with Gasteiger partial charge in [0.15, 0.2) is 4.34 Å². The van der Waals surface area contributed by atoms with E-state index in [2.05, 4.69) is 9.36 Å². The minimum atomic E-state index is -0.217. The van der Waals surface area contributed by atoms with Crippen LogP contribution in [0.3, 0.4) is 0 Å². The number of rotatable bonds is 5. The molecule has 2 unspecified atom stereocenters. The zero-order valence-corrected chi connectivity index (χ0v) is 12.5. The molecule has 2 rings (SSSR count). The molecule has 1 heterocycles. The summed E-state index contributed by atoms with van der Waals surface area (Å²) in [4.78, 5) is 4.31.